The van der Waals surface area contributed by atoms with E-state index in [-0.39, 0.29) is 22.9 Å². The van der Waals surface area contributed by atoms with Crippen molar-refractivity contribution in [2.45, 2.75) is 19.4 Å². The minimum Gasteiger partial charge on any atom is -0.349 e. The molecule has 2 rings (SSSR count). The summed E-state index contributed by atoms with van der Waals surface area (Å²) in [7, 11) is 0. The lowest BCUT2D eigenvalue weighted by Crippen LogP contribution is -2.34. The summed E-state index contributed by atoms with van der Waals surface area (Å²) < 4.78 is 12.8. The lowest BCUT2D eigenvalue weighted by Gasteiger charge is -2.14. The Morgan fingerprint density at radius 3 is 2.70 bits per heavy atom. The molecule has 1 atom stereocenters. The van der Waals surface area contributed by atoms with Gasteiger partial charge >= 0.3 is 0 Å². The molecular weight excluding hydrogens is 279 g/mol. The number of pyridine rings is 1. The van der Waals surface area contributed by atoms with Crippen LogP contribution in [0, 0.1) is 5.82 Å². The van der Waals surface area contributed by atoms with Crippen molar-refractivity contribution in [3.05, 3.63) is 64.7 Å². The van der Waals surface area contributed by atoms with E-state index in [4.69, 9.17) is 11.6 Å². The molecule has 0 aliphatic heterocycles. The summed E-state index contributed by atoms with van der Waals surface area (Å²) in [6, 6.07) is 9.40. The van der Waals surface area contributed by atoms with Crippen molar-refractivity contribution in [2.24, 2.45) is 0 Å². The largest absolute Gasteiger partial charge is 0.349 e. The fourth-order valence-electron chi connectivity index (χ4n) is 1.88. The molecule has 0 saturated carbocycles. The number of nitrogens with zero attached hydrogens (tertiary/aromatic N) is 1. The van der Waals surface area contributed by atoms with E-state index < -0.39 is 0 Å². The number of carbonyl (C=O) groups excluding carboxylic acids is 1. The zero-order valence-electron chi connectivity index (χ0n) is 10.9. The van der Waals surface area contributed by atoms with Crippen LogP contribution < -0.4 is 5.32 Å². The Labute approximate surface area is 121 Å². The number of carbonyl (C=O) groups is 1. The van der Waals surface area contributed by atoms with Gasteiger partial charge in [0.1, 0.15) is 11.0 Å². The molecular formula is C15H14ClFN2O. The highest BCUT2D eigenvalue weighted by atomic mass is 35.5. The minimum atomic E-state index is -0.271. The van der Waals surface area contributed by atoms with Gasteiger partial charge in [0.05, 0.1) is 5.56 Å². The number of amides is 1. The number of hydrogen-bond donors (Lipinski definition) is 1. The molecule has 2 aromatic rings. The number of halogens is 2. The molecule has 1 amide bonds. The fraction of sp³-hybridized carbons (Fsp3) is 0.200. The maximum Gasteiger partial charge on any atom is 0.254 e. The standard InChI is InChI=1S/C15H14ClFN2O/c1-10(9-11-4-6-12(17)7-5-11)19-15(20)13-3-2-8-18-14(13)16/h2-8,10H,9H2,1H3,(H,19,20). The predicted molar refractivity (Wildman–Crippen MR) is 76.3 cm³/mol. The van der Waals surface area contributed by atoms with Crippen LogP contribution in [0.3, 0.4) is 0 Å². The van der Waals surface area contributed by atoms with Crippen LogP contribution in [0.25, 0.3) is 0 Å². The van der Waals surface area contributed by atoms with Crippen LogP contribution in [0.1, 0.15) is 22.8 Å². The van der Waals surface area contributed by atoms with Gasteiger partial charge in [-0.25, -0.2) is 9.37 Å². The first-order valence-electron chi connectivity index (χ1n) is 6.22. The highest BCUT2D eigenvalue weighted by Gasteiger charge is 2.13. The second-order valence-electron chi connectivity index (χ2n) is 4.55. The molecule has 0 radical (unpaired) electrons. The molecule has 20 heavy (non-hydrogen) atoms. The Hall–Kier alpha value is -1.94. The molecule has 1 aromatic heterocycles. The Bertz CT molecular complexity index is 601. The highest BCUT2D eigenvalue weighted by molar-refractivity contribution is 6.32. The molecule has 1 aromatic carbocycles. The molecule has 0 aliphatic carbocycles. The van der Waals surface area contributed by atoms with Gasteiger partial charge in [0.15, 0.2) is 0 Å². The number of aromatic nitrogens is 1. The summed E-state index contributed by atoms with van der Waals surface area (Å²) in [6.07, 6.45) is 2.14. The van der Waals surface area contributed by atoms with Crippen LogP contribution >= 0.6 is 11.6 Å². The number of hydrogen-bond acceptors (Lipinski definition) is 2. The van der Waals surface area contributed by atoms with Gasteiger partial charge in [0.25, 0.3) is 5.91 Å². The number of benzene rings is 1. The van der Waals surface area contributed by atoms with Crippen molar-refractivity contribution in [1.29, 1.82) is 0 Å². The topological polar surface area (TPSA) is 42.0 Å². The monoisotopic (exact) mass is 292 g/mol. The quantitative estimate of drug-likeness (QED) is 0.879. The van der Waals surface area contributed by atoms with E-state index in [9.17, 15) is 9.18 Å². The first-order valence-corrected chi connectivity index (χ1v) is 6.60. The van der Waals surface area contributed by atoms with Crippen molar-refractivity contribution in [1.82, 2.24) is 10.3 Å². The van der Waals surface area contributed by atoms with Crippen LogP contribution in [0.5, 0.6) is 0 Å². The highest BCUT2D eigenvalue weighted by Crippen LogP contribution is 2.12. The summed E-state index contributed by atoms with van der Waals surface area (Å²) in [4.78, 5) is 15.9. The first kappa shape index (κ1) is 14.5. The molecule has 1 unspecified atom stereocenters. The van der Waals surface area contributed by atoms with Crippen molar-refractivity contribution < 1.29 is 9.18 Å². The maximum absolute atomic E-state index is 12.8. The van der Waals surface area contributed by atoms with E-state index in [1.165, 1.54) is 18.3 Å². The summed E-state index contributed by atoms with van der Waals surface area (Å²) in [5.74, 6) is -0.537. The van der Waals surface area contributed by atoms with Crippen molar-refractivity contribution >= 4 is 17.5 Å². The lowest BCUT2D eigenvalue weighted by molar-refractivity contribution is 0.0940. The summed E-state index contributed by atoms with van der Waals surface area (Å²) in [5.41, 5.74) is 1.30. The fourth-order valence-corrected chi connectivity index (χ4v) is 2.09. The van der Waals surface area contributed by atoms with Gasteiger partial charge in [-0.05, 0) is 43.2 Å². The zero-order chi connectivity index (χ0) is 14.5. The van der Waals surface area contributed by atoms with Gasteiger partial charge in [-0.15, -0.1) is 0 Å². The van der Waals surface area contributed by atoms with Crippen LogP contribution in [-0.2, 0) is 6.42 Å². The second-order valence-corrected chi connectivity index (χ2v) is 4.90. The third-order valence-corrected chi connectivity index (χ3v) is 3.14. The van der Waals surface area contributed by atoms with E-state index in [1.54, 1.807) is 24.3 Å². The molecule has 0 aliphatic rings. The second kappa shape index (κ2) is 6.48. The van der Waals surface area contributed by atoms with Crippen LogP contribution in [-0.4, -0.2) is 16.9 Å². The minimum absolute atomic E-state index is 0.0933. The molecule has 0 spiro atoms. The van der Waals surface area contributed by atoms with Gasteiger partial charge < -0.3 is 5.32 Å². The Kier molecular flexibility index (Phi) is 4.69. The van der Waals surface area contributed by atoms with E-state index in [2.05, 4.69) is 10.3 Å². The van der Waals surface area contributed by atoms with Crippen LogP contribution in [0.15, 0.2) is 42.6 Å². The van der Waals surface area contributed by atoms with E-state index in [0.717, 1.165) is 5.56 Å². The SMILES string of the molecule is CC(Cc1ccc(F)cc1)NC(=O)c1cccnc1Cl. The predicted octanol–water partition coefficient (Wildman–Crippen LogP) is 3.24. The van der Waals surface area contributed by atoms with Crippen molar-refractivity contribution in [3.8, 4) is 0 Å². The van der Waals surface area contributed by atoms with E-state index >= 15 is 0 Å². The lowest BCUT2D eigenvalue weighted by atomic mass is 10.1. The molecule has 1 heterocycles. The first-order chi connectivity index (χ1) is 9.56. The molecule has 5 heteroatoms. The van der Waals surface area contributed by atoms with E-state index in [0.29, 0.717) is 12.0 Å². The molecule has 0 fully saturated rings. The van der Waals surface area contributed by atoms with Crippen molar-refractivity contribution in [3.63, 3.8) is 0 Å². The normalized spacial score (nSPS) is 11.9. The Morgan fingerprint density at radius 1 is 1.35 bits per heavy atom. The molecule has 0 bridgehead atoms. The molecule has 0 saturated heterocycles. The summed E-state index contributed by atoms with van der Waals surface area (Å²) in [6.45, 7) is 1.88. The van der Waals surface area contributed by atoms with Crippen molar-refractivity contribution in [2.75, 3.05) is 0 Å². The molecule has 1 N–H and O–H groups in total. The van der Waals surface area contributed by atoms with Crippen LogP contribution in [0.2, 0.25) is 5.15 Å². The maximum atomic E-state index is 12.8. The number of rotatable bonds is 4. The van der Waals surface area contributed by atoms with E-state index in [1.807, 2.05) is 6.92 Å². The third-order valence-electron chi connectivity index (χ3n) is 2.84. The summed E-state index contributed by atoms with van der Waals surface area (Å²) in [5, 5.41) is 3.02. The third kappa shape index (κ3) is 3.78. The Balaban J connectivity index is 1.98. The van der Waals surface area contributed by atoms with Gasteiger partial charge in [-0.1, -0.05) is 23.7 Å². The molecule has 3 nitrogen and oxygen atoms in total. The van der Waals surface area contributed by atoms with Gasteiger partial charge in [-0.2, -0.15) is 0 Å². The molecule has 104 valence electrons. The zero-order valence-corrected chi connectivity index (χ0v) is 11.7. The van der Waals surface area contributed by atoms with Gasteiger partial charge in [0, 0.05) is 12.2 Å². The van der Waals surface area contributed by atoms with Gasteiger partial charge in [-0.3, -0.25) is 4.79 Å². The van der Waals surface area contributed by atoms with Gasteiger partial charge in [0.2, 0.25) is 0 Å². The van der Waals surface area contributed by atoms with Crippen LogP contribution in [0.4, 0.5) is 4.39 Å². The smallest absolute Gasteiger partial charge is 0.254 e. The Morgan fingerprint density at radius 2 is 2.05 bits per heavy atom. The average molecular weight is 293 g/mol. The number of nitrogens with one attached hydrogen (secondary N) is 1. The average Bonchev–Trinajstić information content (AvgIpc) is 2.41. The summed E-state index contributed by atoms with van der Waals surface area (Å²) >= 11 is 5.87.